The predicted molar refractivity (Wildman–Crippen MR) is 113 cm³/mol. The maximum atomic E-state index is 11.5. The Kier molecular flexibility index (Phi) is 4.63. The molecule has 0 fully saturated rings. The third kappa shape index (κ3) is 3.10. The Morgan fingerprint density at radius 3 is 2.59 bits per heavy atom. The maximum Gasteiger partial charge on any atom is 0.306 e. The van der Waals surface area contributed by atoms with Gasteiger partial charge in [0.2, 0.25) is 0 Å². The van der Waals surface area contributed by atoms with Crippen molar-refractivity contribution in [1.29, 1.82) is 0 Å². The average molecular weight is 492 g/mol. The fraction of sp³-hybridized carbons (Fsp3) is 0.263. The lowest BCUT2D eigenvalue weighted by Gasteiger charge is -2.10. The first-order chi connectivity index (χ1) is 12.9. The minimum Gasteiger partial charge on any atom is -0.481 e. The number of aliphatic carboxylic acids is 1. The molecule has 0 saturated heterocycles. The number of carboxylic acid groups (broad SMARTS) is 1. The molecule has 0 bridgehead atoms. The van der Waals surface area contributed by atoms with E-state index in [4.69, 9.17) is 4.99 Å². The molecule has 1 aliphatic rings. The SMILES string of the molecule is Cc1sc2c(c1C)C(c1ccc(I)cc1)=N[C@@H](CC(=O)O)c1nnc(C)n1-2. The van der Waals surface area contributed by atoms with Crippen LogP contribution in [0.1, 0.15) is 45.7 Å². The molecule has 0 saturated carbocycles. The second kappa shape index (κ2) is 6.83. The van der Waals surface area contributed by atoms with Crippen molar-refractivity contribution in [2.45, 2.75) is 33.2 Å². The van der Waals surface area contributed by atoms with Crippen molar-refractivity contribution in [3.63, 3.8) is 0 Å². The van der Waals surface area contributed by atoms with E-state index >= 15 is 0 Å². The monoisotopic (exact) mass is 492 g/mol. The number of aliphatic imine (C=N–C) groups is 1. The van der Waals surface area contributed by atoms with E-state index in [1.54, 1.807) is 11.3 Å². The van der Waals surface area contributed by atoms with Gasteiger partial charge in [-0.2, -0.15) is 0 Å². The van der Waals surface area contributed by atoms with Gasteiger partial charge in [0.25, 0.3) is 0 Å². The smallest absolute Gasteiger partial charge is 0.306 e. The number of halogens is 1. The Hall–Kier alpha value is -2.07. The van der Waals surface area contributed by atoms with Crippen LogP contribution in [0.5, 0.6) is 0 Å². The van der Waals surface area contributed by atoms with Gasteiger partial charge in [-0.1, -0.05) is 12.1 Å². The summed E-state index contributed by atoms with van der Waals surface area (Å²) in [4.78, 5) is 17.6. The lowest BCUT2D eigenvalue weighted by Crippen LogP contribution is -2.10. The highest BCUT2D eigenvalue weighted by atomic mass is 127. The summed E-state index contributed by atoms with van der Waals surface area (Å²) in [5.74, 6) is 0.413. The van der Waals surface area contributed by atoms with Crippen LogP contribution < -0.4 is 0 Å². The summed E-state index contributed by atoms with van der Waals surface area (Å²) in [6, 6.07) is 7.56. The van der Waals surface area contributed by atoms with Gasteiger partial charge in [0.05, 0.1) is 12.1 Å². The second-order valence-corrected chi connectivity index (χ2v) is 8.95. The second-order valence-electron chi connectivity index (χ2n) is 6.50. The van der Waals surface area contributed by atoms with Gasteiger partial charge in [0.15, 0.2) is 5.82 Å². The van der Waals surface area contributed by atoms with Crippen LogP contribution in [-0.2, 0) is 4.79 Å². The number of fused-ring (bicyclic) bond motifs is 3. The molecule has 1 aromatic carbocycles. The average Bonchev–Trinajstić information content (AvgIpc) is 3.08. The van der Waals surface area contributed by atoms with E-state index in [9.17, 15) is 9.90 Å². The third-order valence-electron chi connectivity index (χ3n) is 4.73. The van der Waals surface area contributed by atoms with E-state index in [1.807, 2.05) is 35.8 Å². The van der Waals surface area contributed by atoms with Crippen molar-refractivity contribution in [2.24, 2.45) is 4.99 Å². The van der Waals surface area contributed by atoms with E-state index in [1.165, 1.54) is 4.88 Å². The number of carboxylic acids is 1. The van der Waals surface area contributed by atoms with Crippen LogP contribution in [-0.4, -0.2) is 31.6 Å². The summed E-state index contributed by atoms with van der Waals surface area (Å²) in [5, 5.41) is 18.9. The Morgan fingerprint density at radius 2 is 1.93 bits per heavy atom. The molecule has 0 aliphatic carbocycles. The van der Waals surface area contributed by atoms with E-state index in [0.717, 1.165) is 36.8 Å². The van der Waals surface area contributed by atoms with Gasteiger partial charge in [-0.05, 0) is 61.1 Å². The van der Waals surface area contributed by atoms with Crippen molar-refractivity contribution in [1.82, 2.24) is 14.8 Å². The summed E-state index contributed by atoms with van der Waals surface area (Å²) in [6.07, 6.45) is -0.126. The molecule has 1 aliphatic heterocycles. The first-order valence-electron chi connectivity index (χ1n) is 8.45. The van der Waals surface area contributed by atoms with Gasteiger partial charge in [-0.25, -0.2) is 0 Å². The number of carbonyl (C=O) groups is 1. The zero-order chi connectivity index (χ0) is 19.3. The number of rotatable bonds is 3. The van der Waals surface area contributed by atoms with Gasteiger partial charge >= 0.3 is 5.97 Å². The fourth-order valence-electron chi connectivity index (χ4n) is 3.30. The number of nitrogens with zero attached hydrogens (tertiary/aromatic N) is 4. The first kappa shape index (κ1) is 18.3. The van der Waals surface area contributed by atoms with Gasteiger partial charge in [-0.15, -0.1) is 21.5 Å². The summed E-state index contributed by atoms with van der Waals surface area (Å²) >= 11 is 3.94. The molecule has 27 heavy (non-hydrogen) atoms. The highest BCUT2D eigenvalue weighted by molar-refractivity contribution is 14.1. The molecule has 1 atom stereocenters. The topological polar surface area (TPSA) is 80.4 Å². The van der Waals surface area contributed by atoms with Crippen LogP contribution in [0.3, 0.4) is 0 Å². The molecule has 0 spiro atoms. The molecule has 0 radical (unpaired) electrons. The van der Waals surface area contributed by atoms with Gasteiger partial charge in [0, 0.05) is 19.6 Å². The fourth-order valence-corrected chi connectivity index (χ4v) is 4.87. The molecule has 4 rings (SSSR count). The van der Waals surface area contributed by atoms with Crippen LogP contribution in [0, 0.1) is 24.3 Å². The number of hydrogen-bond acceptors (Lipinski definition) is 5. The molecule has 6 nitrogen and oxygen atoms in total. The first-order valence-corrected chi connectivity index (χ1v) is 10.3. The summed E-state index contributed by atoms with van der Waals surface area (Å²) in [7, 11) is 0. The largest absolute Gasteiger partial charge is 0.481 e. The number of benzene rings is 1. The van der Waals surface area contributed by atoms with E-state index < -0.39 is 12.0 Å². The molecule has 3 aromatic rings. The molecule has 0 amide bonds. The zero-order valence-electron chi connectivity index (χ0n) is 15.0. The van der Waals surface area contributed by atoms with Gasteiger partial charge < -0.3 is 5.11 Å². The van der Waals surface area contributed by atoms with Crippen LogP contribution in [0.25, 0.3) is 5.00 Å². The third-order valence-corrected chi connectivity index (χ3v) is 6.64. The molecule has 1 N–H and O–H groups in total. The lowest BCUT2D eigenvalue weighted by molar-refractivity contribution is -0.137. The summed E-state index contributed by atoms with van der Waals surface area (Å²) < 4.78 is 3.11. The molecular weight excluding hydrogens is 475 g/mol. The van der Waals surface area contributed by atoms with Crippen molar-refractivity contribution in [3.8, 4) is 5.00 Å². The Bertz CT molecular complexity index is 1080. The maximum absolute atomic E-state index is 11.5. The molecule has 3 heterocycles. The Labute approximate surface area is 174 Å². The van der Waals surface area contributed by atoms with E-state index in [-0.39, 0.29) is 6.42 Å². The van der Waals surface area contributed by atoms with E-state index in [2.05, 4.69) is 46.6 Å². The lowest BCUT2D eigenvalue weighted by atomic mass is 10.00. The quantitative estimate of drug-likeness (QED) is 0.556. The van der Waals surface area contributed by atoms with Crippen molar-refractivity contribution in [2.75, 3.05) is 0 Å². The van der Waals surface area contributed by atoms with Crippen molar-refractivity contribution >= 4 is 45.6 Å². The molecule has 8 heteroatoms. The van der Waals surface area contributed by atoms with E-state index in [0.29, 0.717) is 5.82 Å². The highest BCUT2D eigenvalue weighted by Crippen LogP contribution is 2.39. The number of hydrogen-bond donors (Lipinski definition) is 1. The standard InChI is InChI=1S/C19H17IN4O2S/c1-9-10(2)27-19-16(9)17(12-4-6-13(20)7-5-12)21-14(8-15(25)26)18-23-22-11(3)24(18)19/h4-7,14H,8H2,1-3H3,(H,25,26)/t14-/m0/s1. The predicted octanol–water partition coefficient (Wildman–Crippen LogP) is 4.23. The normalized spacial score (nSPS) is 15.7. The summed E-state index contributed by atoms with van der Waals surface area (Å²) in [6.45, 7) is 6.07. The minimum atomic E-state index is -0.906. The van der Waals surface area contributed by atoms with Crippen molar-refractivity contribution < 1.29 is 9.90 Å². The summed E-state index contributed by atoms with van der Waals surface area (Å²) in [5.41, 5.74) is 3.99. The van der Waals surface area contributed by atoms with Gasteiger partial charge in [0.1, 0.15) is 16.9 Å². The van der Waals surface area contributed by atoms with Crippen LogP contribution in [0.2, 0.25) is 0 Å². The number of aromatic nitrogens is 3. The van der Waals surface area contributed by atoms with Crippen molar-refractivity contribution in [3.05, 3.63) is 61.1 Å². The number of thiophene rings is 1. The number of aryl methyl sites for hydroxylation is 2. The molecule has 138 valence electrons. The van der Waals surface area contributed by atoms with Crippen LogP contribution >= 0.6 is 33.9 Å². The highest BCUT2D eigenvalue weighted by Gasteiger charge is 2.32. The Balaban J connectivity index is 2.04. The minimum absolute atomic E-state index is 0.126. The van der Waals surface area contributed by atoms with Crippen LogP contribution in [0.15, 0.2) is 29.3 Å². The molecule has 0 unspecified atom stereocenters. The molecule has 2 aromatic heterocycles. The molecular formula is C19H17IN4O2S. The zero-order valence-corrected chi connectivity index (χ0v) is 18.0. The Morgan fingerprint density at radius 1 is 1.22 bits per heavy atom. The van der Waals surface area contributed by atoms with Gasteiger partial charge in [-0.3, -0.25) is 14.4 Å². The van der Waals surface area contributed by atoms with Crippen LogP contribution in [0.4, 0.5) is 0 Å².